The van der Waals surface area contributed by atoms with Gasteiger partial charge in [-0.15, -0.1) is 0 Å². The maximum absolute atomic E-state index is 11.3. The van der Waals surface area contributed by atoms with Crippen LogP contribution in [0, 0.1) is 0 Å². The smallest absolute Gasteiger partial charge is 0.345 e. The number of ether oxygens (including phenoxy) is 1. The lowest BCUT2D eigenvalue weighted by molar-refractivity contribution is -0.138. The molecule has 0 radical (unpaired) electrons. The minimum absolute atomic E-state index is 0.136. The summed E-state index contributed by atoms with van der Waals surface area (Å²) in [7, 11) is 0. The Balaban J connectivity index is 2.46. The van der Waals surface area contributed by atoms with Crippen molar-refractivity contribution in [3.63, 3.8) is 0 Å². The molecule has 1 aromatic rings. The Morgan fingerprint density at radius 2 is 1.69 bits per heavy atom. The van der Waals surface area contributed by atoms with Crippen LogP contribution in [0.25, 0.3) is 0 Å². The molecule has 0 N–H and O–H groups in total. The lowest BCUT2D eigenvalue weighted by atomic mass is 10.2. The van der Waals surface area contributed by atoms with E-state index < -0.39 is 17.2 Å². The summed E-state index contributed by atoms with van der Waals surface area (Å²) >= 11 is 5.04. The van der Waals surface area contributed by atoms with Crippen molar-refractivity contribution >= 4 is 28.8 Å². The van der Waals surface area contributed by atoms with Crippen molar-refractivity contribution in [2.75, 3.05) is 0 Å². The fraction of sp³-hybridized carbons (Fsp3) is 0.182. The predicted molar refractivity (Wildman–Crippen MR) is 57.0 cm³/mol. The molecule has 1 aromatic carbocycles. The van der Waals surface area contributed by atoms with Gasteiger partial charge in [-0.05, 0) is 23.7 Å². The Morgan fingerprint density at radius 3 is 2.25 bits per heavy atom. The molecular weight excluding hydrogens is 232 g/mol. The molecule has 0 atom stereocenters. The molecule has 0 aliphatic heterocycles. The Labute approximate surface area is 97.2 Å². The maximum Gasteiger partial charge on any atom is 0.345 e. The molecule has 0 heterocycles. The molecule has 0 aliphatic carbocycles. The average molecular weight is 241 g/mol. The van der Waals surface area contributed by atoms with Crippen LogP contribution in [0.5, 0.6) is 0 Å². The zero-order valence-electron chi connectivity index (χ0n) is 8.31. The first-order chi connectivity index (χ1) is 7.59. The third-order valence-corrected chi connectivity index (χ3v) is 1.93. The summed E-state index contributed by atoms with van der Waals surface area (Å²) in [6.45, 7) is 0. The molecule has 0 spiro atoms. The standard InChI is InChI=1S/C11H9ClO4/c12-9(13)6-7-10(14)16-11(15)8-4-2-1-3-5-8/h1-5H,6-7H2. The number of hydrogen-bond acceptors (Lipinski definition) is 4. The van der Waals surface area contributed by atoms with E-state index in [1.165, 1.54) is 12.1 Å². The summed E-state index contributed by atoms with van der Waals surface area (Å²) in [5.41, 5.74) is 0.285. The van der Waals surface area contributed by atoms with Crippen LogP contribution >= 0.6 is 11.6 Å². The van der Waals surface area contributed by atoms with Crippen LogP contribution in [-0.2, 0) is 14.3 Å². The van der Waals surface area contributed by atoms with Gasteiger partial charge in [-0.25, -0.2) is 4.79 Å². The second kappa shape index (κ2) is 6.02. The van der Waals surface area contributed by atoms with E-state index in [4.69, 9.17) is 11.6 Å². The van der Waals surface area contributed by atoms with E-state index in [1.807, 2.05) is 0 Å². The zero-order valence-corrected chi connectivity index (χ0v) is 9.07. The van der Waals surface area contributed by atoms with E-state index in [1.54, 1.807) is 18.2 Å². The molecule has 0 amide bonds. The highest BCUT2D eigenvalue weighted by atomic mass is 35.5. The number of esters is 2. The van der Waals surface area contributed by atoms with E-state index in [0.717, 1.165) is 0 Å². The Kier molecular flexibility index (Phi) is 4.66. The van der Waals surface area contributed by atoms with Crippen molar-refractivity contribution in [2.45, 2.75) is 12.8 Å². The number of carbonyl (C=O) groups is 3. The Hall–Kier alpha value is -1.68. The highest BCUT2D eigenvalue weighted by Crippen LogP contribution is 2.03. The minimum Gasteiger partial charge on any atom is -0.389 e. The fourth-order valence-corrected chi connectivity index (χ4v) is 1.08. The van der Waals surface area contributed by atoms with E-state index >= 15 is 0 Å². The van der Waals surface area contributed by atoms with E-state index in [2.05, 4.69) is 4.74 Å². The molecule has 0 fully saturated rings. The summed E-state index contributed by atoms with van der Waals surface area (Å²) in [6.07, 6.45) is -0.330. The molecule has 4 nitrogen and oxygen atoms in total. The van der Waals surface area contributed by atoms with Gasteiger partial charge in [0.15, 0.2) is 0 Å². The number of rotatable bonds is 4. The summed E-state index contributed by atoms with van der Waals surface area (Å²) in [5.74, 6) is -1.49. The van der Waals surface area contributed by atoms with E-state index in [9.17, 15) is 14.4 Å². The van der Waals surface area contributed by atoms with Crippen molar-refractivity contribution in [3.05, 3.63) is 35.9 Å². The molecule has 84 valence electrons. The number of hydrogen-bond donors (Lipinski definition) is 0. The molecule has 0 saturated heterocycles. The van der Waals surface area contributed by atoms with Crippen LogP contribution in [0.15, 0.2) is 30.3 Å². The monoisotopic (exact) mass is 240 g/mol. The van der Waals surface area contributed by atoms with Crippen molar-refractivity contribution in [2.24, 2.45) is 0 Å². The van der Waals surface area contributed by atoms with Gasteiger partial charge in [0.05, 0.1) is 12.0 Å². The minimum atomic E-state index is -0.761. The molecule has 0 aromatic heterocycles. The van der Waals surface area contributed by atoms with Crippen LogP contribution < -0.4 is 0 Å². The fourth-order valence-electron chi connectivity index (χ4n) is 0.988. The third-order valence-electron chi connectivity index (χ3n) is 1.74. The molecule has 0 bridgehead atoms. The largest absolute Gasteiger partial charge is 0.389 e. The van der Waals surface area contributed by atoms with Gasteiger partial charge in [-0.2, -0.15) is 0 Å². The quantitative estimate of drug-likeness (QED) is 0.458. The van der Waals surface area contributed by atoms with Crippen molar-refractivity contribution < 1.29 is 19.1 Å². The third kappa shape index (κ3) is 4.23. The van der Waals surface area contributed by atoms with Gasteiger partial charge in [0.1, 0.15) is 0 Å². The Bertz CT molecular complexity index is 400. The van der Waals surface area contributed by atoms with E-state index in [-0.39, 0.29) is 18.4 Å². The molecule has 0 unspecified atom stereocenters. The van der Waals surface area contributed by atoms with Gasteiger partial charge in [-0.3, -0.25) is 9.59 Å². The molecule has 5 heteroatoms. The van der Waals surface area contributed by atoms with Crippen LogP contribution in [-0.4, -0.2) is 17.2 Å². The van der Waals surface area contributed by atoms with Crippen molar-refractivity contribution in [3.8, 4) is 0 Å². The first-order valence-corrected chi connectivity index (χ1v) is 4.96. The molecule has 0 saturated carbocycles. The Morgan fingerprint density at radius 1 is 1.06 bits per heavy atom. The van der Waals surface area contributed by atoms with Crippen LogP contribution in [0.2, 0.25) is 0 Å². The topological polar surface area (TPSA) is 60.4 Å². The summed E-state index contributed by atoms with van der Waals surface area (Å²) in [4.78, 5) is 32.8. The van der Waals surface area contributed by atoms with Crippen molar-refractivity contribution in [1.82, 2.24) is 0 Å². The first kappa shape index (κ1) is 12.4. The number of carbonyl (C=O) groups excluding carboxylic acids is 3. The van der Waals surface area contributed by atoms with Crippen molar-refractivity contribution in [1.29, 1.82) is 0 Å². The second-order valence-corrected chi connectivity index (χ2v) is 3.40. The lowest BCUT2D eigenvalue weighted by Crippen LogP contribution is -2.12. The van der Waals surface area contributed by atoms with Gasteiger partial charge in [0.2, 0.25) is 5.24 Å². The lowest BCUT2D eigenvalue weighted by Gasteiger charge is -2.01. The average Bonchev–Trinajstić information content (AvgIpc) is 2.27. The van der Waals surface area contributed by atoms with Crippen LogP contribution in [0.4, 0.5) is 0 Å². The second-order valence-electron chi connectivity index (χ2n) is 2.98. The number of benzene rings is 1. The summed E-state index contributed by atoms with van der Waals surface area (Å²) in [6, 6.07) is 8.11. The van der Waals surface area contributed by atoms with Gasteiger partial charge >= 0.3 is 11.9 Å². The molecule has 1 rings (SSSR count). The molecule has 16 heavy (non-hydrogen) atoms. The van der Waals surface area contributed by atoms with Crippen LogP contribution in [0.3, 0.4) is 0 Å². The summed E-state index contributed by atoms with van der Waals surface area (Å²) in [5, 5.41) is -0.635. The highest BCUT2D eigenvalue weighted by molar-refractivity contribution is 6.63. The number of halogens is 1. The normalized spacial score (nSPS) is 9.56. The predicted octanol–water partition coefficient (Wildman–Crippen LogP) is 1.92. The zero-order chi connectivity index (χ0) is 12.0. The molecule has 0 aliphatic rings. The highest BCUT2D eigenvalue weighted by Gasteiger charge is 2.13. The van der Waals surface area contributed by atoms with Crippen LogP contribution in [0.1, 0.15) is 23.2 Å². The SMILES string of the molecule is O=C(Cl)CCC(=O)OC(=O)c1ccccc1. The van der Waals surface area contributed by atoms with Gasteiger partial charge in [-0.1, -0.05) is 18.2 Å². The van der Waals surface area contributed by atoms with Gasteiger partial charge < -0.3 is 4.74 Å². The van der Waals surface area contributed by atoms with Gasteiger partial charge in [0, 0.05) is 6.42 Å². The summed E-state index contributed by atoms with van der Waals surface area (Å²) < 4.78 is 4.50. The van der Waals surface area contributed by atoms with Gasteiger partial charge in [0.25, 0.3) is 0 Å². The first-order valence-electron chi connectivity index (χ1n) is 4.58. The maximum atomic E-state index is 11.3. The molecular formula is C11H9ClO4. The van der Waals surface area contributed by atoms with E-state index in [0.29, 0.717) is 0 Å².